The van der Waals surface area contributed by atoms with Crippen molar-refractivity contribution in [1.29, 1.82) is 0 Å². The first-order valence-electron chi connectivity index (χ1n) is 11.7. The van der Waals surface area contributed by atoms with Crippen molar-refractivity contribution in [3.8, 4) is 0 Å². The lowest BCUT2D eigenvalue weighted by atomic mass is 10.2. The minimum Gasteiger partial charge on any atom is -0.459 e. The van der Waals surface area contributed by atoms with Gasteiger partial charge in [0.15, 0.2) is 0 Å². The molecule has 0 fully saturated rings. The predicted octanol–water partition coefficient (Wildman–Crippen LogP) is 6.48. The van der Waals surface area contributed by atoms with Crippen molar-refractivity contribution >= 4 is 84.5 Å². The molecule has 0 saturated heterocycles. The van der Waals surface area contributed by atoms with E-state index >= 15 is 0 Å². The molecule has 14 heteroatoms. The second-order valence-electron chi connectivity index (χ2n) is 8.41. The fraction of sp³-hybridized carbons (Fsp3) is 0.0741. The Morgan fingerprint density at radius 2 is 1.63 bits per heavy atom. The molecule has 0 aliphatic heterocycles. The summed E-state index contributed by atoms with van der Waals surface area (Å²) in [5, 5.41) is 7.23. The van der Waals surface area contributed by atoms with E-state index in [-0.39, 0.29) is 28.8 Å². The number of hydrogen-bond donors (Lipinski definition) is 2. The standard InChI is InChI=1S/C27H20BrCl3N4O5S/c28-22-3-1-2-4-25(22)33-26(36)27(37)34-32-14-19-8-9-20(40-19)16-35(15-17-5-12-23(30)24(31)13-17)41(38,39)21-10-6-18(29)7-11-21/h1-14H,15-16H2,(H,33,36)(H,34,37)/b32-14+. The van der Waals surface area contributed by atoms with Gasteiger partial charge in [-0.3, -0.25) is 9.59 Å². The highest BCUT2D eigenvalue weighted by Crippen LogP contribution is 2.27. The summed E-state index contributed by atoms with van der Waals surface area (Å²) < 4.78 is 34.6. The number of amides is 2. The van der Waals surface area contributed by atoms with Crippen LogP contribution in [0.15, 0.2) is 97.7 Å². The molecule has 2 amide bonds. The Hall–Kier alpha value is -3.19. The lowest BCUT2D eigenvalue weighted by Crippen LogP contribution is -2.32. The van der Waals surface area contributed by atoms with Gasteiger partial charge in [-0.25, -0.2) is 13.8 Å². The van der Waals surface area contributed by atoms with Crippen LogP contribution in [-0.4, -0.2) is 30.8 Å². The van der Waals surface area contributed by atoms with Gasteiger partial charge in [-0.2, -0.15) is 9.41 Å². The van der Waals surface area contributed by atoms with E-state index in [9.17, 15) is 18.0 Å². The molecule has 0 aliphatic carbocycles. The number of nitrogens with zero attached hydrogens (tertiary/aromatic N) is 2. The summed E-state index contributed by atoms with van der Waals surface area (Å²) in [4.78, 5) is 24.3. The van der Waals surface area contributed by atoms with Crippen LogP contribution in [0, 0.1) is 0 Å². The second kappa shape index (κ2) is 13.6. The van der Waals surface area contributed by atoms with E-state index in [1.54, 1.807) is 54.6 Å². The van der Waals surface area contributed by atoms with Crippen LogP contribution in [0.4, 0.5) is 5.69 Å². The van der Waals surface area contributed by atoms with Crippen molar-refractivity contribution in [2.24, 2.45) is 5.10 Å². The molecule has 3 aromatic carbocycles. The highest BCUT2D eigenvalue weighted by molar-refractivity contribution is 9.10. The van der Waals surface area contributed by atoms with Gasteiger partial charge in [0.05, 0.1) is 33.4 Å². The molecule has 1 aromatic heterocycles. The van der Waals surface area contributed by atoms with Crippen molar-refractivity contribution in [2.45, 2.75) is 18.0 Å². The third-order valence-electron chi connectivity index (χ3n) is 5.50. The molecule has 4 rings (SSSR count). The van der Waals surface area contributed by atoms with Gasteiger partial charge < -0.3 is 9.73 Å². The highest BCUT2D eigenvalue weighted by Gasteiger charge is 2.26. The molecule has 2 N–H and O–H groups in total. The van der Waals surface area contributed by atoms with E-state index in [4.69, 9.17) is 39.2 Å². The van der Waals surface area contributed by atoms with Crippen molar-refractivity contribution in [1.82, 2.24) is 9.73 Å². The molecule has 0 bridgehead atoms. The predicted molar refractivity (Wildman–Crippen MR) is 162 cm³/mol. The van der Waals surface area contributed by atoms with Crippen molar-refractivity contribution in [3.05, 3.63) is 115 Å². The van der Waals surface area contributed by atoms with Crippen LogP contribution < -0.4 is 10.7 Å². The topological polar surface area (TPSA) is 121 Å². The molecule has 0 unspecified atom stereocenters. The van der Waals surface area contributed by atoms with E-state index in [2.05, 4.69) is 31.8 Å². The molecule has 212 valence electrons. The summed E-state index contributed by atoms with van der Waals surface area (Å²) in [5.41, 5.74) is 3.14. The van der Waals surface area contributed by atoms with Crippen molar-refractivity contribution in [3.63, 3.8) is 0 Å². The summed E-state index contributed by atoms with van der Waals surface area (Å²) in [6.45, 7) is -0.172. The van der Waals surface area contributed by atoms with Gasteiger partial charge in [-0.1, -0.05) is 53.0 Å². The summed E-state index contributed by atoms with van der Waals surface area (Å²) >= 11 is 21.4. The second-order valence-corrected chi connectivity index (χ2v) is 12.5. The molecular formula is C27H20BrCl3N4O5S. The number of nitrogens with one attached hydrogen (secondary N) is 2. The van der Waals surface area contributed by atoms with Gasteiger partial charge in [0.25, 0.3) is 0 Å². The normalized spacial score (nSPS) is 11.6. The lowest BCUT2D eigenvalue weighted by Gasteiger charge is -2.22. The number of halogens is 4. The molecule has 9 nitrogen and oxygen atoms in total. The summed E-state index contributed by atoms with van der Waals surface area (Å²) in [7, 11) is -3.99. The average Bonchev–Trinajstić information content (AvgIpc) is 3.39. The van der Waals surface area contributed by atoms with Crippen LogP contribution >= 0.6 is 50.7 Å². The van der Waals surface area contributed by atoms with E-state index in [1.807, 2.05) is 0 Å². The van der Waals surface area contributed by atoms with E-state index in [0.29, 0.717) is 31.5 Å². The smallest absolute Gasteiger partial charge is 0.329 e. The van der Waals surface area contributed by atoms with Gasteiger partial charge in [-0.05, 0) is 82.2 Å². The highest BCUT2D eigenvalue weighted by atomic mass is 79.9. The number of sulfonamides is 1. The summed E-state index contributed by atoms with van der Waals surface area (Å²) in [6, 6.07) is 20.6. The fourth-order valence-corrected chi connectivity index (χ4v) is 5.72. The zero-order valence-electron chi connectivity index (χ0n) is 20.9. The maximum atomic E-state index is 13.5. The Labute approximate surface area is 259 Å². The molecule has 41 heavy (non-hydrogen) atoms. The molecule has 0 atom stereocenters. The Balaban J connectivity index is 1.47. The van der Waals surface area contributed by atoms with Gasteiger partial charge in [0.1, 0.15) is 11.5 Å². The zero-order chi connectivity index (χ0) is 29.6. The number of para-hydroxylation sites is 1. The van der Waals surface area contributed by atoms with E-state index in [0.717, 1.165) is 0 Å². The van der Waals surface area contributed by atoms with Gasteiger partial charge in [0.2, 0.25) is 10.0 Å². The minimum absolute atomic E-state index is 0.0331. The molecule has 1 heterocycles. The zero-order valence-corrected chi connectivity index (χ0v) is 25.5. The van der Waals surface area contributed by atoms with Crippen molar-refractivity contribution in [2.75, 3.05) is 5.32 Å². The molecule has 4 aromatic rings. The number of rotatable bonds is 9. The number of carbonyl (C=O) groups is 2. The number of benzene rings is 3. The first kappa shape index (κ1) is 30.8. The monoisotopic (exact) mass is 696 g/mol. The van der Waals surface area contributed by atoms with Crippen LogP contribution in [0.1, 0.15) is 17.1 Å². The third-order valence-corrected chi connectivity index (χ3v) is 8.98. The number of anilines is 1. The molecule has 0 radical (unpaired) electrons. The number of hydrazone groups is 1. The number of carbonyl (C=O) groups excluding carboxylic acids is 2. The first-order valence-corrected chi connectivity index (χ1v) is 15.1. The molecular weight excluding hydrogens is 679 g/mol. The Morgan fingerprint density at radius 1 is 0.902 bits per heavy atom. The molecule has 0 spiro atoms. The molecule has 0 saturated carbocycles. The van der Waals surface area contributed by atoms with Gasteiger partial charge >= 0.3 is 11.8 Å². The van der Waals surface area contributed by atoms with Gasteiger partial charge in [0, 0.05) is 16.0 Å². The maximum absolute atomic E-state index is 13.5. The Bertz CT molecular complexity index is 1710. The van der Waals surface area contributed by atoms with Crippen molar-refractivity contribution < 1.29 is 22.4 Å². The number of hydrogen-bond acceptors (Lipinski definition) is 6. The molecule has 0 aliphatic rings. The average molecular weight is 699 g/mol. The largest absolute Gasteiger partial charge is 0.459 e. The van der Waals surface area contributed by atoms with E-state index < -0.39 is 21.8 Å². The maximum Gasteiger partial charge on any atom is 0.329 e. The van der Waals surface area contributed by atoms with E-state index in [1.165, 1.54) is 34.8 Å². The summed E-state index contributed by atoms with van der Waals surface area (Å²) in [6.07, 6.45) is 1.18. The minimum atomic E-state index is -3.99. The quantitative estimate of drug-likeness (QED) is 0.118. The van der Waals surface area contributed by atoms with Gasteiger partial charge in [-0.15, -0.1) is 0 Å². The van der Waals surface area contributed by atoms with Crippen LogP contribution in [0.3, 0.4) is 0 Å². The fourth-order valence-electron chi connectivity index (χ4n) is 3.49. The first-order chi connectivity index (χ1) is 19.5. The number of furan rings is 1. The lowest BCUT2D eigenvalue weighted by molar-refractivity contribution is -0.136. The van der Waals surface area contributed by atoms with Crippen LogP contribution in [-0.2, 0) is 32.7 Å². The summed E-state index contributed by atoms with van der Waals surface area (Å²) in [5.74, 6) is -1.41. The Morgan fingerprint density at radius 3 is 2.34 bits per heavy atom. The van der Waals surface area contributed by atoms with Crippen LogP contribution in [0.2, 0.25) is 15.1 Å². The Kier molecular flexibility index (Phi) is 10.2. The van der Waals surface area contributed by atoms with Crippen LogP contribution in [0.5, 0.6) is 0 Å². The SMILES string of the molecule is O=C(N/N=C/c1ccc(CN(Cc2ccc(Cl)c(Cl)c2)S(=O)(=O)c2ccc(Cl)cc2)o1)C(=O)Nc1ccccc1Br. The third kappa shape index (κ3) is 8.19. The van der Waals surface area contributed by atoms with Crippen LogP contribution in [0.25, 0.3) is 0 Å².